The van der Waals surface area contributed by atoms with E-state index in [1.165, 1.54) is 25.9 Å². The van der Waals surface area contributed by atoms with Crippen molar-refractivity contribution in [2.24, 2.45) is 5.41 Å². The van der Waals surface area contributed by atoms with E-state index in [4.69, 9.17) is 0 Å². The number of fused-ring (bicyclic) bond motifs is 1. The number of piperidine rings is 1. The lowest BCUT2D eigenvalue weighted by molar-refractivity contribution is 0.150. The maximum absolute atomic E-state index is 4.47. The number of hydrogen-bond acceptors (Lipinski definition) is 4. The van der Waals surface area contributed by atoms with Gasteiger partial charge in [-0.25, -0.2) is 4.52 Å². The molecule has 1 aliphatic rings. The summed E-state index contributed by atoms with van der Waals surface area (Å²) in [5.74, 6) is 0.728. The summed E-state index contributed by atoms with van der Waals surface area (Å²) in [6.07, 6.45) is 4.37. The van der Waals surface area contributed by atoms with E-state index in [2.05, 4.69) is 34.3 Å². The highest BCUT2D eigenvalue weighted by Gasteiger charge is 2.28. The van der Waals surface area contributed by atoms with Crippen LogP contribution in [0.1, 0.15) is 19.8 Å². The van der Waals surface area contributed by atoms with Crippen molar-refractivity contribution < 1.29 is 0 Å². The van der Waals surface area contributed by atoms with E-state index in [1.54, 1.807) is 4.52 Å². The molecule has 0 amide bonds. The predicted octanol–water partition coefficient (Wildman–Crippen LogP) is 1.87. The van der Waals surface area contributed by atoms with Gasteiger partial charge in [0.25, 0.3) is 0 Å². The molecule has 1 aliphatic heterocycles. The molecule has 0 unspecified atom stereocenters. The fraction of sp³-hybridized carbons (Fsp3) is 0.571. The molecule has 19 heavy (non-hydrogen) atoms. The molecule has 2 aromatic heterocycles. The first-order valence-corrected chi connectivity index (χ1v) is 6.89. The van der Waals surface area contributed by atoms with Gasteiger partial charge in [0.15, 0.2) is 5.65 Å². The first-order valence-electron chi connectivity index (χ1n) is 6.89. The molecule has 5 heteroatoms. The van der Waals surface area contributed by atoms with Crippen LogP contribution in [0.25, 0.3) is 5.65 Å². The van der Waals surface area contributed by atoms with Gasteiger partial charge in [-0.15, -0.1) is 5.10 Å². The Hall–Kier alpha value is -1.62. The summed E-state index contributed by atoms with van der Waals surface area (Å²) in [4.78, 5) is 6.87. The lowest BCUT2D eigenvalue weighted by Crippen LogP contribution is -2.40. The van der Waals surface area contributed by atoms with E-state index < -0.39 is 0 Å². The summed E-state index contributed by atoms with van der Waals surface area (Å²) in [7, 11) is 2.19. The third-order valence-corrected chi connectivity index (χ3v) is 4.11. The number of aromatic nitrogens is 3. The maximum Gasteiger partial charge on any atom is 0.243 e. The van der Waals surface area contributed by atoms with Crippen molar-refractivity contribution in [1.29, 1.82) is 0 Å². The second kappa shape index (κ2) is 4.81. The van der Waals surface area contributed by atoms with Crippen LogP contribution in [0, 0.1) is 5.41 Å². The minimum Gasteiger partial charge on any atom is -0.352 e. The number of nitrogens with one attached hydrogen (secondary N) is 1. The number of likely N-dealkylation sites (tertiary alicyclic amines) is 1. The molecule has 102 valence electrons. The normalized spacial score (nSPS) is 19.7. The van der Waals surface area contributed by atoms with Crippen LogP contribution in [-0.4, -0.2) is 46.2 Å². The molecule has 0 bridgehead atoms. The van der Waals surface area contributed by atoms with Crippen molar-refractivity contribution >= 4 is 11.6 Å². The summed E-state index contributed by atoms with van der Waals surface area (Å²) >= 11 is 0. The van der Waals surface area contributed by atoms with Gasteiger partial charge in [0.2, 0.25) is 5.95 Å². The molecule has 0 radical (unpaired) electrons. The fourth-order valence-electron chi connectivity index (χ4n) is 2.53. The second-order valence-corrected chi connectivity index (χ2v) is 5.91. The summed E-state index contributed by atoms with van der Waals surface area (Å²) < 4.78 is 1.80. The molecule has 0 spiro atoms. The first kappa shape index (κ1) is 12.4. The van der Waals surface area contributed by atoms with Crippen molar-refractivity contribution in [2.45, 2.75) is 19.8 Å². The summed E-state index contributed by atoms with van der Waals surface area (Å²) in [6, 6.07) is 5.91. The maximum atomic E-state index is 4.47. The Labute approximate surface area is 113 Å². The van der Waals surface area contributed by atoms with Gasteiger partial charge in [-0.1, -0.05) is 13.0 Å². The fourth-order valence-corrected chi connectivity index (χ4v) is 2.53. The zero-order valence-electron chi connectivity index (χ0n) is 11.6. The van der Waals surface area contributed by atoms with E-state index in [9.17, 15) is 0 Å². The lowest BCUT2D eigenvalue weighted by atomic mass is 9.80. The molecule has 5 nitrogen and oxygen atoms in total. The van der Waals surface area contributed by atoms with Gasteiger partial charge < -0.3 is 10.2 Å². The third-order valence-electron chi connectivity index (χ3n) is 4.11. The Morgan fingerprint density at radius 2 is 2.11 bits per heavy atom. The van der Waals surface area contributed by atoms with Gasteiger partial charge in [-0.3, -0.25) is 0 Å². The van der Waals surface area contributed by atoms with Crippen molar-refractivity contribution in [3.8, 4) is 0 Å². The van der Waals surface area contributed by atoms with Crippen LogP contribution in [0.5, 0.6) is 0 Å². The number of anilines is 1. The molecule has 0 saturated carbocycles. The van der Waals surface area contributed by atoms with Crippen LogP contribution in [0.2, 0.25) is 0 Å². The monoisotopic (exact) mass is 259 g/mol. The van der Waals surface area contributed by atoms with E-state index in [0.29, 0.717) is 5.41 Å². The summed E-state index contributed by atoms with van der Waals surface area (Å²) in [5, 5.41) is 7.82. The minimum absolute atomic E-state index is 0.351. The largest absolute Gasteiger partial charge is 0.352 e. The van der Waals surface area contributed by atoms with Crippen LogP contribution in [0.3, 0.4) is 0 Å². The smallest absolute Gasteiger partial charge is 0.243 e. The molecule has 0 aliphatic carbocycles. The van der Waals surface area contributed by atoms with E-state index in [1.807, 2.05) is 24.4 Å². The lowest BCUT2D eigenvalue weighted by Gasteiger charge is -2.37. The van der Waals surface area contributed by atoms with Gasteiger partial charge in [-0.05, 0) is 50.5 Å². The summed E-state index contributed by atoms with van der Waals surface area (Å²) in [6.45, 7) is 5.65. The van der Waals surface area contributed by atoms with Crippen LogP contribution in [-0.2, 0) is 0 Å². The second-order valence-electron chi connectivity index (χ2n) is 5.91. The van der Waals surface area contributed by atoms with Crippen LogP contribution >= 0.6 is 0 Å². The van der Waals surface area contributed by atoms with Gasteiger partial charge in [-0.2, -0.15) is 4.98 Å². The SMILES string of the molecule is CN1CCC(C)(CNc2nc3ccccn3n2)CC1. The zero-order chi connectivity index (χ0) is 13.3. The highest BCUT2D eigenvalue weighted by atomic mass is 15.3. The molecule has 3 rings (SSSR count). The number of pyridine rings is 1. The van der Waals surface area contributed by atoms with Gasteiger partial charge in [0, 0.05) is 12.7 Å². The van der Waals surface area contributed by atoms with Crippen LogP contribution < -0.4 is 5.32 Å². The number of rotatable bonds is 3. The van der Waals surface area contributed by atoms with Gasteiger partial charge in [0.05, 0.1) is 0 Å². The van der Waals surface area contributed by atoms with Crippen molar-refractivity contribution in [3.05, 3.63) is 24.4 Å². The minimum atomic E-state index is 0.351. The third kappa shape index (κ3) is 2.71. The molecule has 1 N–H and O–H groups in total. The molecule has 3 heterocycles. The molecule has 0 aromatic carbocycles. The standard InChI is InChI=1S/C14H21N5/c1-14(6-9-18(2)10-7-14)11-15-13-16-12-5-3-4-8-19(12)17-13/h3-5,8H,6-7,9-11H2,1-2H3,(H,15,17). The molecular weight excluding hydrogens is 238 g/mol. The highest BCUT2D eigenvalue weighted by molar-refractivity contribution is 5.42. The number of hydrogen-bond donors (Lipinski definition) is 1. The average Bonchev–Trinajstić information content (AvgIpc) is 2.83. The van der Waals surface area contributed by atoms with E-state index >= 15 is 0 Å². The highest BCUT2D eigenvalue weighted by Crippen LogP contribution is 2.30. The van der Waals surface area contributed by atoms with E-state index in [-0.39, 0.29) is 0 Å². The Morgan fingerprint density at radius 3 is 2.84 bits per heavy atom. The Bertz CT molecular complexity index is 521. The predicted molar refractivity (Wildman–Crippen MR) is 76.3 cm³/mol. The average molecular weight is 259 g/mol. The van der Waals surface area contributed by atoms with Crippen molar-refractivity contribution in [3.63, 3.8) is 0 Å². The number of nitrogens with zero attached hydrogens (tertiary/aromatic N) is 4. The quantitative estimate of drug-likeness (QED) is 0.914. The van der Waals surface area contributed by atoms with Crippen LogP contribution in [0.4, 0.5) is 5.95 Å². The Kier molecular flexibility index (Phi) is 3.14. The van der Waals surface area contributed by atoms with Gasteiger partial charge >= 0.3 is 0 Å². The topological polar surface area (TPSA) is 45.5 Å². The first-order chi connectivity index (χ1) is 9.15. The molecule has 0 atom stereocenters. The van der Waals surface area contributed by atoms with Crippen molar-refractivity contribution in [2.75, 3.05) is 32.0 Å². The summed E-state index contributed by atoms with van der Waals surface area (Å²) in [5.41, 5.74) is 1.24. The Morgan fingerprint density at radius 1 is 1.32 bits per heavy atom. The molecule has 1 saturated heterocycles. The molecule has 2 aromatic rings. The van der Waals surface area contributed by atoms with Gasteiger partial charge in [0.1, 0.15) is 0 Å². The molecular formula is C14H21N5. The van der Waals surface area contributed by atoms with E-state index in [0.717, 1.165) is 18.1 Å². The zero-order valence-corrected chi connectivity index (χ0v) is 11.6. The molecule has 1 fully saturated rings. The van der Waals surface area contributed by atoms with Crippen molar-refractivity contribution in [1.82, 2.24) is 19.5 Å². The van der Waals surface area contributed by atoms with Crippen LogP contribution in [0.15, 0.2) is 24.4 Å². The Balaban J connectivity index is 1.65.